The van der Waals surface area contributed by atoms with E-state index in [4.69, 9.17) is 16.3 Å². The fourth-order valence-corrected chi connectivity index (χ4v) is 7.56. The summed E-state index contributed by atoms with van der Waals surface area (Å²) in [5.41, 5.74) is 2.44. The number of likely N-dealkylation sites (tertiary alicyclic amines) is 1. The first-order chi connectivity index (χ1) is 19.5. The van der Waals surface area contributed by atoms with E-state index in [-0.39, 0.29) is 28.9 Å². The number of anilines is 1. The van der Waals surface area contributed by atoms with Crippen LogP contribution in [0.1, 0.15) is 56.4 Å². The number of carboxylic acid groups (broad SMARTS) is 1. The smallest absolute Gasteiger partial charge is 0.326 e. The van der Waals surface area contributed by atoms with E-state index in [1.807, 2.05) is 48.5 Å². The number of hydrogen-bond acceptors (Lipinski definition) is 5. The van der Waals surface area contributed by atoms with Crippen LogP contribution in [0.4, 0.5) is 5.69 Å². The monoisotopic (exact) mass is 594 g/mol. The lowest BCUT2D eigenvalue weighted by atomic mass is 9.93. The standard InChI is InChI=1S/C32H35ClN2O5S/c1-32(2,3)18-35-24-13-11-19(33)16-23(24)29(22-12-14-26(40-4)21-9-6-5-8-20(21)22)41-27(30(35)37)17-28(36)34-15-7-10-25(34)31(38)39/h5-6,8-9,11-14,16,25,27,29H,7,10,15,17-18H2,1-4H3,(H,38,39)/t25-,27?,29?/m1/s1. The van der Waals surface area contributed by atoms with Crippen LogP contribution in [0.5, 0.6) is 5.75 Å². The van der Waals surface area contributed by atoms with E-state index in [2.05, 4.69) is 20.8 Å². The van der Waals surface area contributed by atoms with Gasteiger partial charge in [-0.3, -0.25) is 9.59 Å². The second kappa shape index (κ2) is 11.6. The number of nitrogens with zero attached hydrogens (tertiary/aromatic N) is 2. The summed E-state index contributed by atoms with van der Waals surface area (Å²) in [5, 5.41) is 11.1. The first-order valence-electron chi connectivity index (χ1n) is 13.8. The number of carbonyl (C=O) groups excluding carboxylic acids is 2. The highest BCUT2D eigenvalue weighted by Crippen LogP contribution is 2.50. The molecule has 41 heavy (non-hydrogen) atoms. The van der Waals surface area contributed by atoms with Crippen LogP contribution in [0.3, 0.4) is 0 Å². The molecule has 9 heteroatoms. The molecule has 3 aromatic carbocycles. The highest BCUT2D eigenvalue weighted by atomic mass is 35.5. The lowest BCUT2D eigenvalue weighted by Crippen LogP contribution is -2.45. The molecule has 0 bridgehead atoms. The molecule has 5 rings (SSSR count). The maximum atomic E-state index is 14.3. The van der Waals surface area contributed by atoms with Gasteiger partial charge in [0.05, 0.1) is 17.6 Å². The van der Waals surface area contributed by atoms with Crippen molar-refractivity contribution >= 4 is 57.6 Å². The Morgan fingerprint density at radius 3 is 2.49 bits per heavy atom. The normalized spacial score (nSPS) is 21.1. The van der Waals surface area contributed by atoms with Gasteiger partial charge in [0.2, 0.25) is 11.8 Å². The van der Waals surface area contributed by atoms with Crippen molar-refractivity contribution < 1.29 is 24.2 Å². The molecule has 2 unspecified atom stereocenters. The van der Waals surface area contributed by atoms with E-state index in [1.54, 1.807) is 18.1 Å². The highest BCUT2D eigenvalue weighted by molar-refractivity contribution is 8.01. The average molecular weight is 595 g/mol. The van der Waals surface area contributed by atoms with Gasteiger partial charge >= 0.3 is 5.97 Å². The maximum absolute atomic E-state index is 14.3. The van der Waals surface area contributed by atoms with Crippen LogP contribution in [-0.2, 0) is 14.4 Å². The van der Waals surface area contributed by atoms with Gasteiger partial charge in [0.15, 0.2) is 0 Å². The Bertz CT molecular complexity index is 1500. The van der Waals surface area contributed by atoms with Crippen LogP contribution in [0.15, 0.2) is 54.6 Å². The molecule has 3 aromatic rings. The van der Waals surface area contributed by atoms with E-state index < -0.39 is 17.3 Å². The zero-order valence-electron chi connectivity index (χ0n) is 23.7. The largest absolute Gasteiger partial charge is 0.496 e. The van der Waals surface area contributed by atoms with Crippen LogP contribution >= 0.6 is 23.4 Å². The molecule has 1 saturated heterocycles. The third-order valence-corrected chi connectivity index (χ3v) is 9.39. The molecule has 0 spiro atoms. The quantitative estimate of drug-likeness (QED) is 0.348. The van der Waals surface area contributed by atoms with E-state index >= 15 is 0 Å². The van der Waals surface area contributed by atoms with Crippen molar-refractivity contribution in [3.05, 3.63) is 70.7 Å². The molecule has 0 saturated carbocycles. The summed E-state index contributed by atoms with van der Waals surface area (Å²) in [7, 11) is 1.64. The lowest BCUT2D eigenvalue weighted by Gasteiger charge is -2.32. The number of rotatable bonds is 6. The Hall–Kier alpha value is -3.23. The van der Waals surface area contributed by atoms with Crippen LogP contribution in [-0.4, -0.2) is 59.3 Å². The Morgan fingerprint density at radius 2 is 1.80 bits per heavy atom. The second-order valence-corrected chi connectivity index (χ2v) is 13.6. The molecule has 2 heterocycles. The summed E-state index contributed by atoms with van der Waals surface area (Å²) < 4.78 is 5.64. The zero-order valence-corrected chi connectivity index (χ0v) is 25.3. The van der Waals surface area contributed by atoms with Gasteiger partial charge in [0, 0.05) is 35.6 Å². The number of halogens is 1. The number of carboxylic acids is 1. The number of fused-ring (bicyclic) bond motifs is 2. The molecule has 0 aromatic heterocycles. The van der Waals surface area contributed by atoms with Gasteiger partial charge in [0.1, 0.15) is 11.8 Å². The Labute approximate surface area is 249 Å². The number of hydrogen-bond donors (Lipinski definition) is 1. The molecule has 2 aliphatic rings. The summed E-state index contributed by atoms with van der Waals surface area (Å²) in [5.74, 6) is -0.720. The summed E-state index contributed by atoms with van der Waals surface area (Å²) >= 11 is 8.00. The van der Waals surface area contributed by atoms with Crippen LogP contribution < -0.4 is 9.64 Å². The van der Waals surface area contributed by atoms with Gasteiger partial charge in [-0.25, -0.2) is 4.79 Å². The summed E-state index contributed by atoms with van der Waals surface area (Å²) in [6.07, 6.45) is 0.975. The number of carbonyl (C=O) groups is 3. The van der Waals surface area contributed by atoms with Crippen molar-refractivity contribution in [2.24, 2.45) is 5.41 Å². The second-order valence-electron chi connectivity index (χ2n) is 11.9. The fourth-order valence-electron chi connectivity index (χ4n) is 5.88. The van der Waals surface area contributed by atoms with Gasteiger partial charge < -0.3 is 19.6 Å². The van der Waals surface area contributed by atoms with E-state index in [9.17, 15) is 19.5 Å². The predicted octanol–water partition coefficient (Wildman–Crippen LogP) is 6.55. The number of aliphatic carboxylic acids is 1. The lowest BCUT2D eigenvalue weighted by molar-refractivity contribution is -0.148. The maximum Gasteiger partial charge on any atom is 0.326 e. The molecule has 0 aliphatic carbocycles. The molecule has 2 amide bonds. The van der Waals surface area contributed by atoms with Crippen molar-refractivity contribution in [3.63, 3.8) is 0 Å². The van der Waals surface area contributed by atoms with Crippen LogP contribution in [0, 0.1) is 5.41 Å². The van der Waals surface area contributed by atoms with Crippen molar-refractivity contribution in [2.75, 3.05) is 25.1 Å². The SMILES string of the molecule is COc1ccc(C2SC(CC(=O)N3CCC[C@@H]3C(=O)O)C(=O)N(CC(C)(C)C)c3ccc(Cl)cc32)c2ccccc12. The molecule has 1 N–H and O–H groups in total. The minimum atomic E-state index is -1.00. The van der Waals surface area contributed by atoms with Crippen molar-refractivity contribution in [3.8, 4) is 5.75 Å². The van der Waals surface area contributed by atoms with Crippen LogP contribution in [0.25, 0.3) is 10.8 Å². The highest BCUT2D eigenvalue weighted by Gasteiger charge is 2.42. The molecule has 3 atom stereocenters. The number of methoxy groups -OCH3 is 1. The van der Waals surface area contributed by atoms with E-state index in [0.717, 1.165) is 33.3 Å². The Kier molecular flexibility index (Phi) is 8.26. The van der Waals surface area contributed by atoms with E-state index in [1.165, 1.54) is 16.7 Å². The number of ether oxygens (including phenoxy) is 1. The zero-order chi connectivity index (χ0) is 29.5. The topological polar surface area (TPSA) is 87.1 Å². The van der Waals surface area contributed by atoms with Crippen LogP contribution in [0.2, 0.25) is 5.02 Å². The van der Waals surface area contributed by atoms with E-state index in [0.29, 0.717) is 31.0 Å². The molecule has 7 nitrogen and oxygen atoms in total. The molecular weight excluding hydrogens is 560 g/mol. The van der Waals surface area contributed by atoms with Crippen molar-refractivity contribution in [1.82, 2.24) is 4.90 Å². The third kappa shape index (κ3) is 5.90. The Balaban J connectivity index is 1.65. The number of thioether (sulfide) groups is 1. The van der Waals surface area contributed by atoms with Crippen molar-refractivity contribution in [1.29, 1.82) is 0 Å². The molecule has 2 aliphatic heterocycles. The van der Waals surface area contributed by atoms with Gasteiger partial charge in [0.25, 0.3) is 0 Å². The van der Waals surface area contributed by atoms with Crippen molar-refractivity contribution in [2.45, 2.75) is 56.6 Å². The average Bonchev–Trinajstić information content (AvgIpc) is 3.40. The van der Waals surface area contributed by atoms with Gasteiger partial charge in [-0.15, -0.1) is 11.8 Å². The number of benzene rings is 3. The predicted molar refractivity (Wildman–Crippen MR) is 164 cm³/mol. The summed E-state index contributed by atoms with van der Waals surface area (Å²) in [6.45, 7) is 7.05. The summed E-state index contributed by atoms with van der Waals surface area (Å²) in [6, 6.07) is 16.7. The minimum absolute atomic E-state index is 0.0831. The van der Waals surface area contributed by atoms with Gasteiger partial charge in [-0.2, -0.15) is 0 Å². The molecular formula is C32H35ClN2O5S. The molecule has 216 valence electrons. The Morgan fingerprint density at radius 1 is 1.07 bits per heavy atom. The van der Waals surface area contributed by atoms with Gasteiger partial charge in [-0.1, -0.05) is 62.7 Å². The minimum Gasteiger partial charge on any atom is -0.496 e. The first kappa shape index (κ1) is 29.3. The third-order valence-electron chi connectivity index (χ3n) is 7.68. The fraction of sp³-hybridized carbons (Fsp3) is 0.406. The van der Waals surface area contributed by atoms with Gasteiger partial charge in [-0.05, 0) is 59.0 Å². The summed E-state index contributed by atoms with van der Waals surface area (Å²) in [4.78, 5) is 43.0. The molecule has 1 fully saturated rings. The first-order valence-corrected chi connectivity index (χ1v) is 15.1. The molecule has 0 radical (unpaired) electrons. The number of amides is 2.